The van der Waals surface area contributed by atoms with Crippen LogP contribution in [-0.4, -0.2) is 29.9 Å². The van der Waals surface area contributed by atoms with E-state index in [4.69, 9.17) is 6.42 Å². The summed E-state index contributed by atoms with van der Waals surface area (Å²) in [5.41, 5.74) is -1.58. The Kier molecular flexibility index (Phi) is 6.78. The van der Waals surface area contributed by atoms with Crippen molar-refractivity contribution in [3.8, 4) is 12.3 Å². The van der Waals surface area contributed by atoms with Crippen LogP contribution in [0.5, 0.6) is 0 Å². The van der Waals surface area contributed by atoms with Gasteiger partial charge in [-0.2, -0.15) is 0 Å². The van der Waals surface area contributed by atoms with Crippen LogP contribution in [0.4, 0.5) is 0 Å². The number of ketones is 1. The van der Waals surface area contributed by atoms with Gasteiger partial charge < -0.3 is 10.4 Å². The Bertz CT molecular complexity index is 368. The molecular formula is C15H25NO3. The van der Waals surface area contributed by atoms with Gasteiger partial charge in [-0.1, -0.05) is 6.92 Å². The summed E-state index contributed by atoms with van der Waals surface area (Å²) < 4.78 is 0. The smallest absolute Gasteiger partial charge is 0.309 e. The van der Waals surface area contributed by atoms with Crippen molar-refractivity contribution in [2.24, 2.45) is 10.8 Å². The molecule has 0 fully saturated rings. The van der Waals surface area contributed by atoms with Crippen LogP contribution >= 0.6 is 0 Å². The van der Waals surface area contributed by atoms with Crippen LogP contribution < -0.4 is 5.32 Å². The van der Waals surface area contributed by atoms with Crippen LogP contribution in [0.2, 0.25) is 0 Å². The van der Waals surface area contributed by atoms with E-state index in [-0.39, 0.29) is 5.78 Å². The highest BCUT2D eigenvalue weighted by atomic mass is 16.4. The molecule has 0 radical (unpaired) electrons. The highest BCUT2D eigenvalue weighted by Crippen LogP contribution is 2.34. The van der Waals surface area contributed by atoms with E-state index in [9.17, 15) is 14.7 Å². The van der Waals surface area contributed by atoms with Crippen molar-refractivity contribution in [2.45, 2.75) is 47.0 Å². The van der Waals surface area contributed by atoms with Gasteiger partial charge in [0.15, 0.2) is 0 Å². The van der Waals surface area contributed by atoms with Crippen LogP contribution in [-0.2, 0) is 9.59 Å². The molecule has 0 aromatic heterocycles. The minimum atomic E-state index is -0.916. The van der Waals surface area contributed by atoms with Crippen LogP contribution in [0.1, 0.15) is 47.0 Å². The fourth-order valence-electron chi connectivity index (χ4n) is 2.04. The van der Waals surface area contributed by atoms with Crippen molar-refractivity contribution < 1.29 is 14.7 Å². The Balaban J connectivity index is 4.56. The van der Waals surface area contributed by atoms with Crippen LogP contribution in [0.3, 0.4) is 0 Å². The van der Waals surface area contributed by atoms with Gasteiger partial charge in [0.05, 0.1) is 5.41 Å². The molecule has 0 saturated carbocycles. The Morgan fingerprint density at radius 2 is 1.89 bits per heavy atom. The Morgan fingerprint density at radius 1 is 1.32 bits per heavy atom. The summed E-state index contributed by atoms with van der Waals surface area (Å²) in [5, 5.41) is 12.4. The van der Waals surface area contributed by atoms with Gasteiger partial charge >= 0.3 is 5.97 Å². The third-order valence-electron chi connectivity index (χ3n) is 3.45. The number of hydrogen-bond donors (Lipinski definition) is 2. The third-order valence-corrected chi connectivity index (χ3v) is 3.45. The van der Waals surface area contributed by atoms with Gasteiger partial charge in [0.25, 0.3) is 0 Å². The number of nitrogens with one attached hydrogen (secondary N) is 1. The summed E-state index contributed by atoms with van der Waals surface area (Å²) in [6.45, 7) is 7.84. The zero-order valence-electron chi connectivity index (χ0n) is 12.4. The molecule has 0 bridgehead atoms. The van der Waals surface area contributed by atoms with E-state index in [0.29, 0.717) is 19.4 Å². The number of carbonyl (C=O) groups excluding carboxylic acids is 1. The van der Waals surface area contributed by atoms with Gasteiger partial charge in [-0.25, -0.2) is 0 Å². The molecule has 0 amide bonds. The number of terminal acetylenes is 1. The molecule has 0 rings (SSSR count). The summed E-state index contributed by atoms with van der Waals surface area (Å²) in [5.74, 6) is 1.68. The first-order valence-electron chi connectivity index (χ1n) is 6.54. The van der Waals surface area contributed by atoms with Crippen molar-refractivity contribution in [3.05, 3.63) is 0 Å². The molecule has 0 spiro atoms. The van der Waals surface area contributed by atoms with Gasteiger partial charge in [0.1, 0.15) is 5.78 Å². The van der Waals surface area contributed by atoms with Gasteiger partial charge in [-0.3, -0.25) is 9.59 Å². The number of carboxylic acid groups (broad SMARTS) is 1. The van der Waals surface area contributed by atoms with Crippen LogP contribution in [0, 0.1) is 23.2 Å². The van der Waals surface area contributed by atoms with E-state index in [1.165, 1.54) is 6.92 Å². The lowest BCUT2D eigenvalue weighted by Crippen LogP contribution is -2.43. The first-order chi connectivity index (χ1) is 8.65. The van der Waals surface area contributed by atoms with Gasteiger partial charge in [0, 0.05) is 18.4 Å². The van der Waals surface area contributed by atoms with Crippen LogP contribution in [0.15, 0.2) is 0 Å². The largest absolute Gasteiger partial charge is 0.481 e. The quantitative estimate of drug-likeness (QED) is 0.496. The van der Waals surface area contributed by atoms with Gasteiger partial charge in [-0.05, 0) is 40.2 Å². The molecule has 0 aliphatic heterocycles. The summed E-state index contributed by atoms with van der Waals surface area (Å²) in [6.07, 6.45) is 7.03. The maximum absolute atomic E-state index is 11.8. The van der Waals surface area contributed by atoms with Crippen molar-refractivity contribution in [1.29, 1.82) is 0 Å². The first-order valence-corrected chi connectivity index (χ1v) is 6.54. The number of hydrogen-bond acceptors (Lipinski definition) is 3. The maximum Gasteiger partial charge on any atom is 0.309 e. The minimum absolute atomic E-state index is 0.00581. The molecule has 0 aliphatic rings. The number of carbonyl (C=O) groups is 2. The molecule has 0 saturated heterocycles. The van der Waals surface area contributed by atoms with E-state index in [1.54, 1.807) is 13.8 Å². The number of aliphatic carboxylic acids is 1. The van der Waals surface area contributed by atoms with E-state index in [2.05, 4.69) is 11.2 Å². The third kappa shape index (κ3) is 5.89. The average Bonchev–Trinajstić information content (AvgIpc) is 2.27. The molecule has 1 atom stereocenters. The Labute approximate surface area is 116 Å². The fraction of sp³-hybridized carbons (Fsp3) is 0.733. The molecular weight excluding hydrogens is 242 g/mol. The average molecular weight is 267 g/mol. The highest BCUT2D eigenvalue weighted by Gasteiger charge is 2.39. The first kappa shape index (κ1) is 17.7. The highest BCUT2D eigenvalue weighted by molar-refractivity contribution is 5.83. The summed E-state index contributed by atoms with van der Waals surface area (Å²) in [7, 11) is 0. The molecule has 19 heavy (non-hydrogen) atoms. The minimum Gasteiger partial charge on any atom is -0.481 e. The second-order valence-corrected chi connectivity index (χ2v) is 5.97. The topological polar surface area (TPSA) is 66.4 Å². The fourth-order valence-corrected chi connectivity index (χ4v) is 2.04. The van der Waals surface area contributed by atoms with Crippen LogP contribution in [0.25, 0.3) is 0 Å². The molecule has 0 aromatic carbocycles. The molecule has 0 heterocycles. The zero-order chi connectivity index (χ0) is 15.1. The summed E-state index contributed by atoms with van der Waals surface area (Å²) in [6, 6.07) is 0. The van der Waals surface area contributed by atoms with E-state index in [1.807, 2.05) is 6.92 Å². The van der Waals surface area contributed by atoms with E-state index < -0.39 is 16.8 Å². The monoisotopic (exact) mass is 267 g/mol. The second-order valence-electron chi connectivity index (χ2n) is 5.97. The second kappa shape index (κ2) is 7.30. The van der Waals surface area contributed by atoms with Crippen molar-refractivity contribution >= 4 is 11.8 Å². The number of unbranched alkanes of at least 4 members (excludes halogenated alkanes) is 1. The molecule has 4 heteroatoms. The van der Waals surface area contributed by atoms with Gasteiger partial charge in [-0.15, -0.1) is 12.3 Å². The molecule has 108 valence electrons. The Morgan fingerprint density at radius 3 is 2.32 bits per heavy atom. The van der Waals surface area contributed by atoms with Crippen molar-refractivity contribution in [3.63, 3.8) is 0 Å². The molecule has 2 N–H and O–H groups in total. The SMILES string of the molecule is C#CCCCNCC(C)(CC(C)(C)C(=O)O)C(C)=O. The summed E-state index contributed by atoms with van der Waals surface area (Å²) >= 11 is 0. The number of carboxylic acids is 1. The maximum atomic E-state index is 11.8. The normalized spacial score (nSPS) is 14.5. The predicted molar refractivity (Wildman–Crippen MR) is 75.8 cm³/mol. The van der Waals surface area contributed by atoms with E-state index >= 15 is 0 Å². The Hall–Kier alpha value is -1.34. The summed E-state index contributed by atoms with van der Waals surface area (Å²) in [4.78, 5) is 23.0. The molecule has 0 aromatic rings. The molecule has 0 aliphatic carbocycles. The lowest BCUT2D eigenvalue weighted by molar-refractivity contribution is -0.149. The van der Waals surface area contributed by atoms with Crippen molar-refractivity contribution in [1.82, 2.24) is 5.32 Å². The standard InChI is InChI=1S/C15H25NO3/c1-6-7-8-9-16-11-15(5,12(2)17)10-14(3,4)13(18)19/h1,16H,7-11H2,2-5H3,(H,18,19). The van der Waals surface area contributed by atoms with E-state index in [0.717, 1.165) is 13.0 Å². The lowest BCUT2D eigenvalue weighted by Gasteiger charge is -2.33. The zero-order valence-corrected chi connectivity index (χ0v) is 12.4. The lowest BCUT2D eigenvalue weighted by atomic mass is 9.71. The predicted octanol–water partition coefficient (Wildman–Crippen LogP) is 2.09. The molecule has 1 unspecified atom stereocenters. The number of rotatable bonds is 9. The van der Waals surface area contributed by atoms with Gasteiger partial charge in [0.2, 0.25) is 0 Å². The molecule has 4 nitrogen and oxygen atoms in total. The van der Waals surface area contributed by atoms with Crippen molar-refractivity contribution in [2.75, 3.05) is 13.1 Å². The number of Topliss-reactive ketones (excluding diaryl/α,β-unsaturated/α-hetero) is 1.